The van der Waals surface area contributed by atoms with Crippen molar-refractivity contribution in [1.82, 2.24) is 9.80 Å². The van der Waals surface area contributed by atoms with Crippen LogP contribution in [0, 0.1) is 0 Å². The van der Waals surface area contributed by atoms with Crippen molar-refractivity contribution in [2.45, 2.75) is 64.0 Å². The molecule has 1 heterocycles. The number of nitrogens with zero attached hydrogens (tertiary/aromatic N) is 2. The van der Waals surface area contributed by atoms with Crippen LogP contribution in [-0.2, 0) is 4.74 Å². The molecule has 0 unspecified atom stereocenters. The fraction of sp³-hybridized carbons (Fsp3) is 0.938. The minimum atomic E-state index is -0.414. The molecule has 5 heteroatoms. The van der Waals surface area contributed by atoms with Gasteiger partial charge in [0.15, 0.2) is 0 Å². The summed E-state index contributed by atoms with van der Waals surface area (Å²) in [4.78, 5) is 16.2. The van der Waals surface area contributed by atoms with E-state index in [0.717, 1.165) is 39.1 Å². The lowest BCUT2D eigenvalue weighted by atomic mass is 9.94. The van der Waals surface area contributed by atoms with E-state index in [2.05, 4.69) is 4.90 Å². The highest BCUT2D eigenvalue weighted by Crippen LogP contribution is 2.30. The number of carbonyl (C=O) groups excluding carboxylic acids is 1. The molecule has 122 valence electrons. The highest BCUT2D eigenvalue weighted by atomic mass is 16.6. The van der Waals surface area contributed by atoms with Gasteiger partial charge >= 0.3 is 6.09 Å². The van der Waals surface area contributed by atoms with Crippen LogP contribution in [-0.4, -0.2) is 59.8 Å². The summed E-state index contributed by atoms with van der Waals surface area (Å²) in [6.07, 6.45) is 5.80. The molecule has 0 aromatic rings. The van der Waals surface area contributed by atoms with Gasteiger partial charge in [-0.05, 0) is 40.0 Å². The van der Waals surface area contributed by atoms with Crippen molar-refractivity contribution in [1.29, 1.82) is 0 Å². The van der Waals surface area contributed by atoms with Crippen molar-refractivity contribution in [2.24, 2.45) is 5.73 Å². The van der Waals surface area contributed by atoms with Crippen molar-refractivity contribution in [3.05, 3.63) is 0 Å². The molecule has 1 aliphatic heterocycles. The Bertz CT molecular complexity index is 351. The Hall–Kier alpha value is -0.810. The van der Waals surface area contributed by atoms with Gasteiger partial charge in [-0.3, -0.25) is 4.90 Å². The SMILES string of the molecule is CC(C)(C)OC(=O)N1CCN(CCC2(N)CCCC2)CC1. The second-order valence-corrected chi connectivity index (χ2v) is 7.63. The molecule has 2 rings (SSSR count). The van der Waals surface area contributed by atoms with Crippen LogP contribution in [0.3, 0.4) is 0 Å². The van der Waals surface area contributed by atoms with E-state index in [9.17, 15) is 4.79 Å². The van der Waals surface area contributed by atoms with Gasteiger partial charge in [0.05, 0.1) is 0 Å². The van der Waals surface area contributed by atoms with Gasteiger partial charge in [-0.25, -0.2) is 4.79 Å². The Labute approximate surface area is 128 Å². The molecular formula is C16H31N3O2. The van der Waals surface area contributed by atoms with Crippen LogP contribution in [0.2, 0.25) is 0 Å². The molecule has 0 radical (unpaired) electrons. The molecule has 0 aromatic heterocycles. The molecular weight excluding hydrogens is 266 g/mol. The molecule has 1 aliphatic carbocycles. The van der Waals surface area contributed by atoms with E-state index in [1.54, 1.807) is 0 Å². The lowest BCUT2D eigenvalue weighted by Gasteiger charge is -2.37. The molecule has 0 bridgehead atoms. The molecule has 2 N–H and O–H groups in total. The predicted molar refractivity (Wildman–Crippen MR) is 84.3 cm³/mol. The van der Waals surface area contributed by atoms with Gasteiger partial charge in [0.2, 0.25) is 0 Å². The summed E-state index contributed by atoms with van der Waals surface area (Å²) in [7, 11) is 0. The number of nitrogens with two attached hydrogens (primary N) is 1. The Morgan fingerprint density at radius 1 is 1.14 bits per heavy atom. The van der Waals surface area contributed by atoms with Crippen LogP contribution in [0.15, 0.2) is 0 Å². The number of hydrogen-bond donors (Lipinski definition) is 1. The van der Waals surface area contributed by atoms with E-state index >= 15 is 0 Å². The number of rotatable bonds is 3. The standard InChI is InChI=1S/C16H31N3O2/c1-15(2,3)21-14(20)19-12-10-18(11-13-19)9-8-16(17)6-4-5-7-16/h4-13,17H2,1-3H3. The van der Waals surface area contributed by atoms with Crippen LogP contribution in [0.25, 0.3) is 0 Å². The Kier molecular flexibility index (Phi) is 5.15. The van der Waals surface area contributed by atoms with Crippen molar-refractivity contribution in [3.63, 3.8) is 0 Å². The predicted octanol–water partition coefficient (Wildman–Crippen LogP) is 2.20. The van der Waals surface area contributed by atoms with E-state index in [0.29, 0.717) is 0 Å². The molecule has 2 fully saturated rings. The van der Waals surface area contributed by atoms with E-state index < -0.39 is 5.60 Å². The quantitative estimate of drug-likeness (QED) is 0.867. The largest absolute Gasteiger partial charge is 0.444 e. The molecule has 1 saturated carbocycles. The average molecular weight is 297 g/mol. The first-order valence-corrected chi connectivity index (χ1v) is 8.27. The minimum absolute atomic E-state index is 0.0717. The molecule has 0 aromatic carbocycles. The molecule has 5 nitrogen and oxygen atoms in total. The topological polar surface area (TPSA) is 58.8 Å². The summed E-state index contributed by atoms with van der Waals surface area (Å²) in [6.45, 7) is 10.1. The Morgan fingerprint density at radius 3 is 2.24 bits per heavy atom. The molecule has 1 amide bonds. The van der Waals surface area contributed by atoms with Gasteiger partial charge < -0.3 is 15.4 Å². The van der Waals surface area contributed by atoms with E-state index in [1.165, 1.54) is 25.7 Å². The fourth-order valence-electron chi connectivity index (χ4n) is 3.19. The van der Waals surface area contributed by atoms with Gasteiger partial charge in [0, 0.05) is 38.3 Å². The lowest BCUT2D eigenvalue weighted by molar-refractivity contribution is 0.0140. The summed E-state index contributed by atoms with van der Waals surface area (Å²) in [5.74, 6) is 0. The minimum Gasteiger partial charge on any atom is -0.444 e. The van der Waals surface area contributed by atoms with Crippen LogP contribution in [0.5, 0.6) is 0 Å². The average Bonchev–Trinajstić information content (AvgIpc) is 2.82. The number of ether oxygens (including phenoxy) is 1. The zero-order chi connectivity index (χ0) is 15.5. The van der Waals surface area contributed by atoms with Crippen molar-refractivity contribution in [2.75, 3.05) is 32.7 Å². The van der Waals surface area contributed by atoms with Crippen molar-refractivity contribution < 1.29 is 9.53 Å². The van der Waals surface area contributed by atoms with Gasteiger partial charge in [-0.15, -0.1) is 0 Å². The summed E-state index contributed by atoms with van der Waals surface area (Å²) >= 11 is 0. The number of carbonyl (C=O) groups is 1. The zero-order valence-corrected chi connectivity index (χ0v) is 13.9. The smallest absolute Gasteiger partial charge is 0.410 e. The summed E-state index contributed by atoms with van der Waals surface area (Å²) in [6, 6.07) is 0. The number of hydrogen-bond acceptors (Lipinski definition) is 4. The van der Waals surface area contributed by atoms with Crippen LogP contribution < -0.4 is 5.73 Å². The maximum Gasteiger partial charge on any atom is 0.410 e. The maximum atomic E-state index is 12.0. The van der Waals surface area contributed by atoms with Crippen LogP contribution in [0.4, 0.5) is 4.79 Å². The molecule has 21 heavy (non-hydrogen) atoms. The molecule has 0 spiro atoms. The third-order valence-corrected chi connectivity index (χ3v) is 4.55. The Balaban J connectivity index is 1.69. The molecule has 2 aliphatic rings. The number of piperazine rings is 1. The normalized spacial score (nSPS) is 23.3. The molecule has 1 saturated heterocycles. The van der Waals surface area contributed by atoms with E-state index in [-0.39, 0.29) is 11.6 Å². The zero-order valence-electron chi connectivity index (χ0n) is 13.9. The first-order chi connectivity index (χ1) is 9.77. The monoisotopic (exact) mass is 297 g/mol. The van der Waals surface area contributed by atoms with E-state index in [1.807, 2.05) is 25.7 Å². The second kappa shape index (κ2) is 6.53. The first-order valence-electron chi connectivity index (χ1n) is 8.27. The van der Waals surface area contributed by atoms with Gasteiger partial charge in [-0.1, -0.05) is 12.8 Å². The third-order valence-electron chi connectivity index (χ3n) is 4.55. The Morgan fingerprint density at radius 2 is 1.71 bits per heavy atom. The maximum absolute atomic E-state index is 12.0. The summed E-state index contributed by atoms with van der Waals surface area (Å²) < 4.78 is 5.42. The second-order valence-electron chi connectivity index (χ2n) is 7.63. The highest BCUT2D eigenvalue weighted by Gasteiger charge is 2.31. The number of amides is 1. The van der Waals surface area contributed by atoms with Crippen molar-refractivity contribution >= 4 is 6.09 Å². The lowest BCUT2D eigenvalue weighted by Crippen LogP contribution is -2.51. The van der Waals surface area contributed by atoms with E-state index in [4.69, 9.17) is 10.5 Å². The molecule has 0 atom stereocenters. The summed E-state index contributed by atoms with van der Waals surface area (Å²) in [5.41, 5.74) is 6.07. The van der Waals surface area contributed by atoms with Gasteiger partial charge in [0.25, 0.3) is 0 Å². The first kappa shape index (κ1) is 16.6. The summed E-state index contributed by atoms with van der Waals surface area (Å²) in [5, 5.41) is 0. The highest BCUT2D eigenvalue weighted by molar-refractivity contribution is 5.68. The van der Waals surface area contributed by atoms with Crippen LogP contribution in [0.1, 0.15) is 52.9 Å². The van der Waals surface area contributed by atoms with Gasteiger partial charge in [-0.2, -0.15) is 0 Å². The van der Waals surface area contributed by atoms with Crippen molar-refractivity contribution in [3.8, 4) is 0 Å². The van der Waals surface area contributed by atoms with Gasteiger partial charge in [0.1, 0.15) is 5.60 Å². The fourth-order valence-corrected chi connectivity index (χ4v) is 3.19. The van der Waals surface area contributed by atoms with Crippen LogP contribution >= 0.6 is 0 Å². The third kappa shape index (κ3) is 5.15.